The predicted molar refractivity (Wildman–Crippen MR) is 108 cm³/mol. The zero-order chi connectivity index (χ0) is 18.1. The van der Waals surface area contributed by atoms with Crippen molar-refractivity contribution in [1.29, 1.82) is 0 Å². The predicted octanol–water partition coefficient (Wildman–Crippen LogP) is 4.89. The zero-order valence-corrected chi connectivity index (χ0v) is 17.0. The third-order valence-electron chi connectivity index (χ3n) is 6.02. The van der Waals surface area contributed by atoms with Crippen LogP contribution in [0.3, 0.4) is 0 Å². The normalized spacial score (nSPS) is 20.1. The fourth-order valence-corrected chi connectivity index (χ4v) is 4.84. The van der Waals surface area contributed by atoms with E-state index in [1.165, 1.54) is 32.2 Å². The van der Waals surface area contributed by atoms with Gasteiger partial charge >= 0.3 is 0 Å². The molecule has 140 valence electrons. The number of hydrogen-bond acceptors (Lipinski definition) is 3. The molecule has 1 saturated heterocycles. The zero-order valence-electron chi connectivity index (χ0n) is 15.4. The standard InChI is InChI=1S/C21H27BrN2O2/c1-14-18-12-16(22)6-7-19(18)26-20(14)21(25)23-17-8-10-24(11-9-17)13-15-4-2-3-5-15/h6-7,12,15,17H,2-5,8-11,13H2,1H3,(H,23,25). The highest BCUT2D eigenvalue weighted by atomic mass is 79.9. The molecule has 1 aromatic heterocycles. The topological polar surface area (TPSA) is 45.5 Å². The molecule has 0 unspecified atom stereocenters. The van der Waals surface area contributed by atoms with Crippen molar-refractivity contribution < 1.29 is 9.21 Å². The molecule has 1 amide bonds. The molecule has 2 aliphatic rings. The average molecular weight is 419 g/mol. The SMILES string of the molecule is Cc1c(C(=O)NC2CCN(CC3CCCC3)CC2)oc2ccc(Br)cc12. The van der Waals surface area contributed by atoms with Gasteiger partial charge in [0.05, 0.1) is 0 Å². The van der Waals surface area contributed by atoms with E-state index in [9.17, 15) is 4.79 Å². The molecule has 1 aliphatic carbocycles. The number of halogens is 1. The molecule has 2 fully saturated rings. The summed E-state index contributed by atoms with van der Waals surface area (Å²) in [6, 6.07) is 6.10. The summed E-state index contributed by atoms with van der Waals surface area (Å²) in [5.41, 5.74) is 1.68. The van der Waals surface area contributed by atoms with Crippen LogP contribution in [0.25, 0.3) is 11.0 Å². The second-order valence-electron chi connectivity index (χ2n) is 7.90. The Morgan fingerprint density at radius 1 is 1.23 bits per heavy atom. The van der Waals surface area contributed by atoms with Crippen LogP contribution in [-0.2, 0) is 0 Å². The molecule has 4 nitrogen and oxygen atoms in total. The number of nitrogens with one attached hydrogen (secondary N) is 1. The second kappa shape index (κ2) is 7.73. The summed E-state index contributed by atoms with van der Waals surface area (Å²) >= 11 is 3.48. The number of likely N-dealkylation sites (tertiary alicyclic amines) is 1. The third-order valence-corrected chi connectivity index (χ3v) is 6.51. The Morgan fingerprint density at radius 3 is 2.69 bits per heavy atom. The van der Waals surface area contributed by atoms with Crippen LogP contribution in [0.1, 0.15) is 54.6 Å². The Kier molecular flexibility index (Phi) is 5.37. The van der Waals surface area contributed by atoms with Crippen LogP contribution in [0.15, 0.2) is 27.1 Å². The van der Waals surface area contributed by atoms with Gasteiger partial charge in [-0.15, -0.1) is 0 Å². The third kappa shape index (κ3) is 3.84. The first-order valence-corrected chi connectivity index (χ1v) is 10.6. The van der Waals surface area contributed by atoms with E-state index in [0.29, 0.717) is 5.76 Å². The summed E-state index contributed by atoms with van der Waals surface area (Å²) < 4.78 is 6.82. The first-order chi connectivity index (χ1) is 12.6. The number of carbonyl (C=O) groups excluding carboxylic acids is 1. The summed E-state index contributed by atoms with van der Waals surface area (Å²) in [5, 5.41) is 4.19. The molecule has 26 heavy (non-hydrogen) atoms. The lowest BCUT2D eigenvalue weighted by Gasteiger charge is -2.33. The summed E-state index contributed by atoms with van der Waals surface area (Å²) in [5.74, 6) is 1.27. The van der Waals surface area contributed by atoms with Crippen molar-refractivity contribution in [1.82, 2.24) is 10.2 Å². The number of aryl methyl sites for hydroxylation is 1. The van der Waals surface area contributed by atoms with Gasteiger partial charge in [-0.1, -0.05) is 28.8 Å². The lowest BCUT2D eigenvalue weighted by atomic mass is 10.0. The summed E-state index contributed by atoms with van der Waals surface area (Å²) in [4.78, 5) is 15.3. The van der Waals surface area contributed by atoms with E-state index in [-0.39, 0.29) is 11.9 Å². The number of benzene rings is 1. The molecule has 0 bridgehead atoms. The van der Waals surface area contributed by atoms with Crippen LogP contribution in [0, 0.1) is 12.8 Å². The number of nitrogens with zero attached hydrogens (tertiary/aromatic N) is 1. The van der Waals surface area contributed by atoms with Crippen LogP contribution >= 0.6 is 15.9 Å². The summed E-state index contributed by atoms with van der Waals surface area (Å²) in [6.07, 6.45) is 7.68. The Bertz CT molecular complexity index is 787. The van der Waals surface area contributed by atoms with Crippen LogP contribution in [0.2, 0.25) is 0 Å². The monoisotopic (exact) mass is 418 g/mol. The minimum atomic E-state index is -0.0796. The highest BCUT2D eigenvalue weighted by Crippen LogP contribution is 2.29. The molecule has 0 atom stereocenters. The highest BCUT2D eigenvalue weighted by Gasteiger charge is 2.26. The van der Waals surface area contributed by atoms with Gasteiger partial charge in [-0.3, -0.25) is 4.79 Å². The van der Waals surface area contributed by atoms with E-state index in [1.807, 2.05) is 25.1 Å². The van der Waals surface area contributed by atoms with Gasteiger partial charge in [0, 0.05) is 41.1 Å². The molecule has 1 saturated carbocycles. The smallest absolute Gasteiger partial charge is 0.287 e. The van der Waals surface area contributed by atoms with E-state index in [1.54, 1.807) is 0 Å². The first kappa shape index (κ1) is 18.1. The Morgan fingerprint density at radius 2 is 1.96 bits per heavy atom. The molecule has 1 aliphatic heterocycles. The molecule has 5 heteroatoms. The lowest BCUT2D eigenvalue weighted by Crippen LogP contribution is -2.45. The van der Waals surface area contributed by atoms with Gasteiger partial charge in [-0.25, -0.2) is 0 Å². The van der Waals surface area contributed by atoms with Crippen LogP contribution < -0.4 is 5.32 Å². The Labute approximate surface area is 163 Å². The van der Waals surface area contributed by atoms with E-state index in [4.69, 9.17) is 4.42 Å². The van der Waals surface area contributed by atoms with Gasteiger partial charge < -0.3 is 14.6 Å². The van der Waals surface area contributed by atoms with Gasteiger partial charge in [0.1, 0.15) is 5.58 Å². The van der Waals surface area contributed by atoms with Gasteiger partial charge in [0.15, 0.2) is 5.76 Å². The van der Waals surface area contributed by atoms with Crippen molar-refractivity contribution in [2.45, 2.75) is 51.5 Å². The minimum Gasteiger partial charge on any atom is -0.451 e. The van der Waals surface area contributed by atoms with Crippen molar-refractivity contribution in [3.8, 4) is 0 Å². The number of furan rings is 1. The highest BCUT2D eigenvalue weighted by molar-refractivity contribution is 9.10. The second-order valence-corrected chi connectivity index (χ2v) is 8.81. The van der Waals surface area contributed by atoms with E-state index in [0.717, 1.165) is 52.9 Å². The maximum atomic E-state index is 12.7. The molecule has 0 radical (unpaired) electrons. The molecule has 1 aromatic carbocycles. The van der Waals surface area contributed by atoms with Crippen molar-refractivity contribution in [2.24, 2.45) is 5.92 Å². The van der Waals surface area contributed by atoms with Gasteiger partial charge in [-0.05, 0) is 56.7 Å². The van der Waals surface area contributed by atoms with Crippen LogP contribution in [0.4, 0.5) is 0 Å². The number of carbonyl (C=O) groups is 1. The van der Waals surface area contributed by atoms with E-state index >= 15 is 0 Å². The van der Waals surface area contributed by atoms with Crippen molar-refractivity contribution in [3.63, 3.8) is 0 Å². The molecule has 2 heterocycles. The fraction of sp³-hybridized carbons (Fsp3) is 0.571. The number of amides is 1. The average Bonchev–Trinajstić information content (AvgIpc) is 3.25. The summed E-state index contributed by atoms with van der Waals surface area (Å²) in [6.45, 7) is 5.39. The quantitative estimate of drug-likeness (QED) is 0.768. The molecular weight excluding hydrogens is 392 g/mol. The van der Waals surface area contributed by atoms with Gasteiger partial charge in [-0.2, -0.15) is 0 Å². The van der Waals surface area contributed by atoms with Crippen LogP contribution in [-0.4, -0.2) is 36.5 Å². The number of piperidine rings is 1. The summed E-state index contributed by atoms with van der Waals surface area (Å²) in [7, 11) is 0. The van der Waals surface area contributed by atoms with Gasteiger partial charge in [0.25, 0.3) is 5.91 Å². The molecular formula is C21H27BrN2O2. The minimum absolute atomic E-state index is 0.0796. The Balaban J connectivity index is 1.35. The number of hydrogen-bond donors (Lipinski definition) is 1. The maximum Gasteiger partial charge on any atom is 0.287 e. The molecule has 0 spiro atoms. The van der Waals surface area contributed by atoms with Crippen molar-refractivity contribution in [2.75, 3.05) is 19.6 Å². The van der Waals surface area contributed by atoms with Crippen molar-refractivity contribution in [3.05, 3.63) is 34.0 Å². The molecule has 1 N–H and O–H groups in total. The number of fused-ring (bicyclic) bond motifs is 1. The largest absolute Gasteiger partial charge is 0.451 e. The van der Waals surface area contributed by atoms with E-state index in [2.05, 4.69) is 26.1 Å². The lowest BCUT2D eigenvalue weighted by molar-refractivity contribution is 0.0879. The van der Waals surface area contributed by atoms with E-state index < -0.39 is 0 Å². The fourth-order valence-electron chi connectivity index (χ4n) is 4.48. The first-order valence-electron chi connectivity index (χ1n) is 9.82. The number of rotatable bonds is 4. The maximum absolute atomic E-state index is 12.7. The van der Waals surface area contributed by atoms with Crippen molar-refractivity contribution >= 4 is 32.8 Å². The van der Waals surface area contributed by atoms with Crippen LogP contribution in [0.5, 0.6) is 0 Å². The van der Waals surface area contributed by atoms with Gasteiger partial charge in [0.2, 0.25) is 0 Å². The Hall–Kier alpha value is -1.33. The molecule has 2 aromatic rings. The molecule has 4 rings (SSSR count).